The molecule has 1 aliphatic heterocycles. The summed E-state index contributed by atoms with van der Waals surface area (Å²) in [7, 11) is 0. The van der Waals surface area contributed by atoms with Gasteiger partial charge >= 0.3 is 0 Å². The molecule has 1 aliphatic rings. The van der Waals surface area contributed by atoms with Crippen molar-refractivity contribution in [2.24, 2.45) is 0 Å². The Kier molecular flexibility index (Phi) is 4.09. The molecule has 1 saturated heterocycles. The molecule has 16 heavy (non-hydrogen) atoms. The van der Waals surface area contributed by atoms with Crippen LogP contribution in [0.25, 0.3) is 0 Å². The second kappa shape index (κ2) is 5.57. The Morgan fingerprint density at radius 3 is 2.75 bits per heavy atom. The van der Waals surface area contributed by atoms with Gasteiger partial charge in [0.2, 0.25) is 0 Å². The van der Waals surface area contributed by atoms with Crippen LogP contribution in [-0.4, -0.2) is 42.7 Å². The molecular formula is C11H15ClFN3. The first-order chi connectivity index (χ1) is 7.81. The van der Waals surface area contributed by atoms with E-state index in [0.717, 1.165) is 31.7 Å². The van der Waals surface area contributed by atoms with Gasteiger partial charge in [-0.15, -0.1) is 0 Å². The van der Waals surface area contributed by atoms with Crippen LogP contribution in [0.15, 0.2) is 18.3 Å². The lowest BCUT2D eigenvalue weighted by atomic mass is 10.1. The molecule has 1 N–H and O–H groups in total. The molecule has 0 aliphatic carbocycles. The zero-order valence-electron chi connectivity index (χ0n) is 9.00. The van der Waals surface area contributed by atoms with Crippen molar-refractivity contribution in [2.45, 2.75) is 6.04 Å². The van der Waals surface area contributed by atoms with Crippen molar-refractivity contribution in [2.75, 3.05) is 32.9 Å². The topological polar surface area (TPSA) is 28.2 Å². The van der Waals surface area contributed by atoms with E-state index in [1.165, 1.54) is 0 Å². The zero-order valence-corrected chi connectivity index (χ0v) is 9.75. The third-order valence-corrected chi connectivity index (χ3v) is 3.10. The van der Waals surface area contributed by atoms with E-state index in [-0.39, 0.29) is 12.7 Å². The van der Waals surface area contributed by atoms with E-state index in [4.69, 9.17) is 11.6 Å². The van der Waals surface area contributed by atoms with Crippen molar-refractivity contribution in [1.29, 1.82) is 0 Å². The molecule has 0 bridgehead atoms. The second-order valence-electron chi connectivity index (χ2n) is 3.87. The molecule has 1 aromatic rings. The molecule has 0 aromatic carbocycles. The lowest BCUT2D eigenvalue weighted by Crippen LogP contribution is -2.45. The minimum atomic E-state index is -0.386. The predicted molar refractivity (Wildman–Crippen MR) is 62.4 cm³/mol. The molecule has 2 heterocycles. The second-order valence-corrected chi connectivity index (χ2v) is 4.26. The highest BCUT2D eigenvalue weighted by atomic mass is 35.5. The van der Waals surface area contributed by atoms with Crippen LogP contribution in [0.1, 0.15) is 11.6 Å². The van der Waals surface area contributed by atoms with Crippen molar-refractivity contribution >= 4 is 11.6 Å². The molecular weight excluding hydrogens is 229 g/mol. The van der Waals surface area contributed by atoms with E-state index in [0.29, 0.717) is 5.15 Å². The maximum absolute atomic E-state index is 13.1. The molecule has 1 fully saturated rings. The lowest BCUT2D eigenvalue weighted by molar-refractivity contribution is 0.147. The standard InChI is InChI=1S/C11H15ClFN3/c12-11-2-1-9(8-15-11)10(7-13)16-5-3-14-4-6-16/h1-2,8,10,14H,3-7H2/t10-/m1/s1. The number of pyridine rings is 1. The number of nitrogens with one attached hydrogen (secondary N) is 1. The van der Waals surface area contributed by atoms with Crippen LogP contribution in [0, 0.1) is 0 Å². The monoisotopic (exact) mass is 243 g/mol. The van der Waals surface area contributed by atoms with Gasteiger partial charge in [0.15, 0.2) is 0 Å². The van der Waals surface area contributed by atoms with Crippen molar-refractivity contribution < 1.29 is 4.39 Å². The fraction of sp³-hybridized carbons (Fsp3) is 0.545. The van der Waals surface area contributed by atoms with Crippen molar-refractivity contribution in [3.63, 3.8) is 0 Å². The number of halogens is 2. The molecule has 0 amide bonds. The first kappa shape index (κ1) is 11.8. The molecule has 5 heteroatoms. The Hall–Kier alpha value is -0.710. The van der Waals surface area contributed by atoms with Crippen LogP contribution in [0.4, 0.5) is 4.39 Å². The van der Waals surface area contributed by atoms with Gasteiger partial charge in [0, 0.05) is 32.4 Å². The summed E-state index contributed by atoms with van der Waals surface area (Å²) in [6.07, 6.45) is 1.66. The molecule has 0 spiro atoms. The van der Waals surface area contributed by atoms with E-state index in [1.54, 1.807) is 12.3 Å². The summed E-state index contributed by atoms with van der Waals surface area (Å²) in [5.41, 5.74) is 0.897. The normalized spacial score (nSPS) is 19.6. The van der Waals surface area contributed by atoms with Crippen molar-refractivity contribution in [3.05, 3.63) is 29.0 Å². The summed E-state index contributed by atoms with van der Waals surface area (Å²) in [6.45, 7) is 3.19. The highest BCUT2D eigenvalue weighted by Crippen LogP contribution is 2.21. The summed E-state index contributed by atoms with van der Waals surface area (Å²) in [6, 6.07) is 3.37. The number of hydrogen-bond donors (Lipinski definition) is 1. The van der Waals surface area contributed by atoms with E-state index in [2.05, 4.69) is 15.2 Å². The van der Waals surface area contributed by atoms with Crippen molar-refractivity contribution in [3.8, 4) is 0 Å². The smallest absolute Gasteiger partial charge is 0.129 e. The molecule has 88 valence electrons. The van der Waals surface area contributed by atoms with Gasteiger partial charge in [0.05, 0.1) is 6.04 Å². The summed E-state index contributed by atoms with van der Waals surface area (Å²) in [4.78, 5) is 6.14. The molecule has 0 radical (unpaired) electrons. The van der Waals surface area contributed by atoms with Crippen LogP contribution in [0.5, 0.6) is 0 Å². The predicted octanol–water partition coefficient (Wildman–Crippen LogP) is 1.65. The molecule has 1 atom stereocenters. The molecule has 2 rings (SSSR count). The average Bonchev–Trinajstić information content (AvgIpc) is 2.34. The SMILES string of the molecule is FC[C@H](c1ccc(Cl)nc1)N1CCNCC1. The fourth-order valence-electron chi connectivity index (χ4n) is 1.98. The fourth-order valence-corrected chi connectivity index (χ4v) is 2.09. The first-order valence-electron chi connectivity index (χ1n) is 5.43. The number of aromatic nitrogens is 1. The summed E-state index contributed by atoms with van der Waals surface area (Å²) >= 11 is 5.72. The van der Waals surface area contributed by atoms with Crippen LogP contribution in [0.2, 0.25) is 5.15 Å². The van der Waals surface area contributed by atoms with Crippen LogP contribution in [0.3, 0.4) is 0 Å². The van der Waals surface area contributed by atoms with Crippen LogP contribution in [-0.2, 0) is 0 Å². The number of hydrogen-bond acceptors (Lipinski definition) is 3. The first-order valence-corrected chi connectivity index (χ1v) is 5.81. The summed E-state index contributed by atoms with van der Waals surface area (Å²) in [5.74, 6) is 0. The Morgan fingerprint density at radius 2 is 2.19 bits per heavy atom. The van der Waals surface area contributed by atoms with Gasteiger partial charge in [-0.2, -0.15) is 0 Å². The third-order valence-electron chi connectivity index (χ3n) is 2.87. The van der Waals surface area contributed by atoms with E-state index >= 15 is 0 Å². The quantitative estimate of drug-likeness (QED) is 0.819. The van der Waals surface area contributed by atoms with Crippen molar-refractivity contribution in [1.82, 2.24) is 15.2 Å². The Balaban J connectivity index is 2.11. The van der Waals surface area contributed by atoms with E-state index in [9.17, 15) is 4.39 Å². The minimum Gasteiger partial charge on any atom is -0.314 e. The minimum absolute atomic E-state index is 0.188. The van der Waals surface area contributed by atoms with Gasteiger partial charge in [-0.25, -0.2) is 9.37 Å². The number of alkyl halides is 1. The summed E-state index contributed by atoms with van der Waals surface area (Å²) in [5, 5.41) is 3.70. The maximum atomic E-state index is 13.1. The van der Waals surface area contributed by atoms with Gasteiger partial charge in [-0.1, -0.05) is 17.7 Å². The van der Waals surface area contributed by atoms with Gasteiger partial charge in [-0.05, 0) is 11.6 Å². The van der Waals surface area contributed by atoms with Crippen LogP contribution >= 0.6 is 11.6 Å². The third kappa shape index (κ3) is 2.70. The number of rotatable bonds is 3. The van der Waals surface area contributed by atoms with E-state index in [1.807, 2.05) is 6.07 Å². The summed E-state index contributed by atoms with van der Waals surface area (Å²) < 4.78 is 13.1. The maximum Gasteiger partial charge on any atom is 0.129 e. The molecule has 0 saturated carbocycles. The lowest BCUT2D eigenvalue weighted by Gasteiger charge is -2.33. The van der Waals surface area contributed by atoms with Gasteiger partial charge in [-0.3, -0.25) is 4.90 Å². The largest absolute Gasteiger partial charge is 0.314 e. The Morgan fingerprint density at radius 1 is 1.44 bits per heavy atom. The Labute approximate surface area is 99.6 Å². The molecule has 3 nitrogen and oxygen atoms in total. The molecule has 0 unspecified atom stereocenters. The van der Waals surface area contributed by atoms with Gasteiger partial charge < -0.3 is 5.32 Å². The number of piperazine rings is 1. The molecule has 1 aromatic heterocycles. The highest BCUT2D eigenvalue weighted by molar-refractivity contribution is 6.29. The highest BCUT2D eigenvalue weighted by Gasteiger charge is 2.22. The number of nitrogens with zero attached hydrogens (tertiary/aromatic N) is 2. The van der Waals surface area contributed by atoms with Gasteiger partial charge in [0.1, 0.15) is 11.8 Å². The Bertz CT molecular complexity index is 325. The van der Waals surface area contributed by atoms with Gasteiger partial charge in [0.25, 0.3) is 0 Å². The zero-order chi connectivity index (χ0) is 11.4. The van der Waals surface area contributed by atoms with E-state index < -0.39 is 0 Å². The average molecular weight is 244 g/mol. The van der Waals surface area contributed by atoms with Crippen LogP contribution < -0.4 is 5.32 Å².